The van der Waals surface area contributed by atoms with Crippen LogP contribution in [0.2, 0.25) is 5.02 Å². The number of hydrogen-bond donors (Lipinski definition) is 1. The van der Waals surface area contributed by atoms with Gasteiger partial charge >= 0.3 is 0 Å². The number of carbonyl (C=O) groups excluding carboxylic acids is 1. The number of rotatable bonds is 7. The summed E-state index contributed by atoms with van der Waals surface area (Å²) >= 11 is 9.26. The Kier molecular flexibility index (Phi) is 7.43. The second-order valence-electron chi connectivity index (χ2n) is 6.11. The van der Waals surface area contributed by atoms with Gasteiger partial charge in [-0.05, 0) is 58.4 Å². The Hall–Kier alpha value is -2.90. The van der Waals surface area contributed by atoms with E-state index in [0.717, 1.165) is 0 Å². The number of methoxy groups -OCH3 is 1. The SMILES string of the molecule is COc1cc(/C=N/NC(=O)c2ccc(Cl)cc2)c(Br)cc1OCc1ccccc1F. The molecular weight excluding hydrogens is 475 g/mol. The highest BCUT2D eigenvalue weighted by molar-refractivity contribution is 9.10. The van der Waals surface area contributed by atoms with Crippen LogP contribution in [0, 0.1) is 5.82 Å². The maximum absolute atomic E-state index is 13.8. The first-order valence-corrected chi connectivity index (χ1v) is 9.97. The molecule has 0 fully saturated rings. The fourth-order valence-corrected chi connectivity index (χ4v) is 3.07. The van der Waals surface area contributed by atoms with Gasteiger partial charge in [-0.1, -0.05) is 29.8 Å². The van der Waals surface area contributed by atoms with Crippen LogP contribution in [0.4, 0.5) is 4.39 Å². The van der Waals surface area contributed by atoms with E-state index in [0.29, 0.717) is 37.7 Å². The van der Waals surface area contributed by atoms with Crippen LogP contribution in [0.3, 0.4) is 0 Å². The third-order valence-electron chi connectivity index (χ3n) is 4.10. The van der Waals surface area contributed by atoms with Crippen LogP contribution in [0.1, 0.15) is 21.5 Å². The second kappa shape index (κ2) is 10.2. The Bertz CT molecular complexity index is 1070. The molecule has 0 radical (unpaired) electrons. The molecule has 0 bridgehead atoms. The van der Waals surface area contributed by atoms with Crippen molar-refractivity contribution in [3.8, 4) is 11.5 Å². The predicted molar refractivity (Wildman–Crippen MR) is 118 cm³/mol. The van der Waals surface area contributed by atoms with Gasteiger partial charge in [0.1, 0.15) is 12.4 Å². The smallest absolute Gasteiger partial charge is 0.271 e. The average Bonchev–Trinajstić information content (AvgIpc) is 2.74. The van der Waals surface area contributed by atoms with E-state index in [1.807, 2.05) is 0 Å². The third kappa shape index (κ3) is 5.58. The highest BCUT2D eigenvalue weighted by Crippen LogP contribution is 2.33. The van der Waals surface area contributed by atoms with Gasteiger partial charge in [-0.25, -0.2) is 9.82 Å². The molecule has 0 aromatic heterocycles. The summed E-state index contributed by atoms with van der Waals surface area (Å²) in [7, 11) is 1.50. The summed E-state index contributed by atoms with van der Waals surface area (Å²) in [6.07, 6.45) is 1.47. The Morgan fingerprint density at radius 2 is 1.90 bits per heavy atom. The van der Waals surface area contributed by atoms with Crippen LogP contribution in [-0.4, -0.2) is 19.2 Å². The van der Waals surface area contributed by atoms with E-state index < -0.39 is 0 Å². The molecular formula is C22H17BrClFN2O3. The van der Waals surface area contributed by atoms with Gasteiger partial charge in [0.05, 0.1) is 13.3 Å². The Labute approximate surface area is 186 Å². The maximum atomic E-state index is 13.8. The van der Waals surface area contributed by atoms with Gasteiger partial charge in [-0.2, -0.15) is 5.10 Å². The van der Waals surface area contributed by atoms with Crippen molar-refractivity contribution < 1.29 is 18.7 Å². The van der Waals surface area contributed by atoms with Crippen LogP contribution in [0.25, 0.3) is 0 Å². The van der Waals surface area contributed by atoms with E-state index in [1.54, 1.807) is 54.6 Å². The van der Waals surface area contributed by atoms with Gasteiger partial charge in [0.2, 0.25) is 0 Å². The highest BCUT2D eigenvalue weighted by Gasteiger charge is 2.11. The number of ether oxygens (including phenoxy) is 2. The van der Waals surface area contributed by atoms with Crippen LogP contribution in [0.5, 0.6) is 11.5 Å². The summed E-state index contributed by atoms with van der Waals surface area (Å²) in [5.41, 5.74) is 3.98. The summed E-state index contributed by atoms with van der Waals surface area (Å²) in [5.74, 6) is 0.182. The van der Waals surface area contributed by atoms with Crippen molar-refractivity contribution in [1.82, 2.24) is 5.43 Å². The quantitative estimate of drug-likeness (QED) is 0.346. The number of nitrogens with zero attached hydrogens (tertiary/aromatic N) is 1. The minimum absolute atomic E-state index is 0.0556. The molecule has 0 heterocycles. The molecule has 5 nitrogen and oxygen atoms in total. The van der Waals surface area contributed by atoms with Crippen molar-refractivity contribution in [3.63, 3.8) is 0 Å². The highest BCUT2D eigenvalue weighted by atomic mass is 79.9. The van der Waals surface area contributed by atoms with E-state index >= 15 is 0 Å². The summed E-state index contributed by atoms with van der Waals surface area (Å²) in [6.45, 7) is 0.0556. The molecule has 0 unspecified atom stereocenters. The Morgan fingerprint density at radius 1 is 1.17 bits per heavy atom. The van der Waals surface area contributed by atoms with Gasteiger partial charge in [-0.15, -0.1) is 0 Å². The lowest BCUT2D eigenvalue weighted by atomic mass is 10.2. The molecule has 8 heteroatoms. The molecule has 0 aliphatic heterocycles. The van der Waals surface area contributed by atoms with Gasteiger partial charge in [-0.3, -0.25) is 4.79 Å². The molecule has 3 aromatic carbocycles. The fraction of sp³-hybridized carbons (Fsp3) is 0.0909. The number of benzene rings is 3. The average molecular weight is 492 g/mol. The van der Waals surface area contributed by atoms with E-state index in [-0.39, 0.29) is 18.3 Å². The van der Waals surface area contributed by atoms with Crippen LogP contribution < -0.4 is 14.9 Å². The second-order valence-corrected chi connectivity index (χ2v) is 7.40. The zero-order valence-electron chi connectivity index (χ0n) is 15.9. The lowest BCUT2D eigenvalue weighted by molar-refractivity contribution is 0.0955. The summed E-state index contributed by atoms with van der Waals surface area (Å²) in [5, 5.41) is 4.52. The van der Waals surface area contributed by atoms with E-state index in [2.05, 4.69) is 26.5 Å². The molecule has 0 spiro atoms. The molecule has 1 amide bonds. The monoisotopic (exact) mass is 490 g/mol. The number of nitrogens with one attached hydrogen (secondary N) is 1. The largest absolute Gasteiger partial charge is 0.493 e. The summed E-state index contributed by atoms with van der Waals surface area (Å²) in [4.78, 5) is 12.1. The van der Waals surface area contributed by atoms with Gasteiger partial charge in [0.25, 0.3) is 5.91 Å². The van der Waals surface area contributed by atoms with Gasteiger partial charge < -0.3 is 9.47 Å². The Morgan fingerprint density at radius 3 is 2.60 bits per heavy atom. The van der Waals surface area contributed by atoms with Crippen molar-refractivity contribution in [3.05, 3.63) is 92.7 Å². The normalized spacial score (nSPS) is 10.8. The zero-order valence-corrected chi connectivity index (χ0v) is 18.2. The van der Waals surface area contributed by atoms with Crippen molar-refractivity contribution in [1.29, 1.82) is 0 Å². The molecule has 0 aliphatic rings. The first kappa shape index (κ1) is 21.8. The van der Waals surface area contributed by atoms with Crippen molar-refractivity contribution >= 4 is 39.7 Å². The van der Waals surface area contributed by atoms with E-state index in [9.17, 15) is 9.18 Å². The number of amides is 1. The Balaban J connectivity index is 1.70. The van der Waals surface area contributed by atoms with Gasteiger partial charge in [0, 0.05) is 26.2 Å². The van der Waals surface area contributed by atoms with Crippen molar-refractivity contribution in [2.24, 2.45) is 5.10 Å². The number of hydrogen-bond acceptors (Lipinski definition) is 4. The van der Waals surface area contributed by atoms with Gasteiger partial charge in [0.15, 0.2) is 11.5 Å². The maximum Gasteiger partial charge on any atom is 0.271 e. The lowest BCUT2D eigenvalue weighted by Gasteiger charge is -2.13. The standard InChI is InChI=1S/C22H17BrClFN2O3/c1-29-20-10-16(12-26-27-22(28)14-6-8-17(24)9-7-14)18(23)11-21(20)30-13-15-4-2-3-5-19(15)25/h2-12H,13H2,1H3,(H,27,28)/b26-12+. The first-order chi connectivity index (χ1) is 14.5. The van der Waals surface area contributed by atoms with Crippen LogP contribution in [-0.2, 0) is 6.61 Å². The molecule has 0 saturated heterocycles. The molecule has 154 valence electrons. The number of halogens is 3. The molecule has 0 saturated carbocycles. The van der Waals surface area contributed by atoms with E-state index in [1.165, 1.54) is 19.4 Å². The predicted octanol–water partition coefficient (Wildman–Crippen LogP) is 5.59. The molecule has 30 heavy (non-hydrogen) atoms. The fourth-order valence-electron chi connectivity index (χ4n) is 2.52. The first-order valence-electron chi connectivity index (χ1n) is 8.80. The molecule has 0 atom stereocenters. The minimum Gasteiger partial charge on any atom is -0.493 e. The zero-order chi connectivity index (χ0) is 21.5. The van der Waals surface area contributed by atoms with Crippen molar-refractivity contribution in [2.45, 2.75) is 6.61 Å². The van der Waals surface area contributed by atoms with Crippen LogP contribution in [0.15, 0.2) is 70.2 Å². The summed E-state index contributed by atoms with van der Waals surface area (Å²) in [6, 6.07) is 16.2. The van der Waals surface area contributed by atoms with Crippen molar-refractivity contribution in [2.75, 3.05) is 7.11 Å². The molecule has 1 N–H and O–H groups in total. The van der Waals surface area contributed by atoms with Crippen LogP contribution >= 0.6 is 27.5 Å². The lowest BCUT2D eigenvalue weighted by Crippen LogP contribution is -2.17. The molecule has 0 aliphatic carbocycles. The minimum atomic E-state index is -0.365. The molecule has 3 rings (SSSR count). The third-order valence-corrected chi connectivity index (χ3v) is 5.04. The topological polar surface area (TPSA) is 59.9 Å². The molecule has 3 aromatic rings. The number of carbonyl (C=O) groups is 1. The van der Waals surface area contributed by atoms with E-state index in [4.69, 9.17) is 21.1 Å². The number of hydrazone groups is 1. The summed E-state index contributed by atoms with van der Waals surface area (Å²) < 4.78 is 25.5.